The van der Waals surface area contributed by atoms with Crippen LogP contribution in [0.15, 0.2) is 97.2 Å². The molecule has 0 unspecified atom stereocenters. The molecule has 2 aromatic heterocycles. The van der Waals surface area contributed by atoms with E-state index >= 15 is 0 Å². The van der Waals surface area contributed by atoms with Gasteiger partial charge >= 0.3 is 0 Å². The lowest BCUT2D eigenvalue weighted by molar-refractivity contribution is 0.101. The summed E-state index contributed by atoms with van der Waals surface area (Å²) >= 11 is 0. The largest absolute Gasteiger partial charge is 0.497 e. The highest BCUT2D eigenvalue weighted by Gasteiger charge is 2.10. The number of rotatable bonds is 6. The summed E-state index contributed by atoms with van der Waals surface area (Å²) in [5.41, 5.74) is 5.16. The Morgan fingerprint density at radius 1 is 0.800 bits per heavy atom. The normalized spacial score (nSPS) is 10.7. The minimum Gasteiger partial charge on any atom is -0.497 e. The van der Waals surface area contributed by atoms with Crippen LogP contribution in [-0.4, -0.2) is 28.9 Å². The second kappa shape index (κ2) is 9.52. The average Bonchev–Trinajstić information content (AvgIpc) is 3.33. The molecule has 172 valence electrons. The maximum Gasteiger partial charge on any atom is 0.274 e. The first-order valence-corrected chi connectivity index (χ1v) is 11.0. The molecule has 0 radical (unpaired) electrons. The molecular weight excluding hydrogens is 440 g/mol. The van der Waals surface area contributed by atoms with Crippen molar-refractivity contribution in [3.8, 4) is 17.0 Å². The average molecular weight is 463 g/mol. The minimum atomic E-state index is -0.256. The van der Waals surface area contributed by atoms with Gasteiger partial charge in [-0.05, 0) is 78.4 Å². The standard InChI is InChI=1S/C28H22N4O3/c1-35-23-12-7-19(8-13-23)27(33)31-22-11-14-24-20(16-22)17-26(32-24)18-5-9-21(10-6-18)30-28(34)25-4-2-3-15-29-25/h2-17,32H,1H3,(H,30,34)(H,31,33). The molecule has 0 saturated heterocycles. The summed E-state index contributed by atoms with van der Waals surface area (Å²) in [7, 11) is 1.59. The zero-order chi connectivity index (χ0) is 24.2. The lowest BCUT2D eigenvalue weighted by Gasteiger charge is -2.06. The number of nitrogens with zero attached hydrogens (tertiary/aromatic N) is 1. The quantitative estimate of drug-likeness (QED) is 0.300. The van der Waals surface area contributed by atoms with E-state index in [-0.39, 0.29) is 11.8 Å². The van der Waals surface area contributed by atoms with Crippen molar-refractivity contribution in [1.29, 1.82) is 0 Å². The first kappa shape index (κ1) is 21.9. The van der Waals surface area contributed by atoms with E-state index in [0.29, 0.717) is 28.4 Å². The van der Waals surface area contributed by atoms with Gasteiger partial charge in [0.15, 0.2) is 0 Å². The number of benzene rings is 3. The number of H-pyrrole nitrogens is 1. The molecule has 2 heterocycles. The van der Waals surface area contributed by atoms with E-state index in [2.05, 4.69) is 20.6 Å². The number of carbonyl (C=O) groups is 2. The van der Waals surface area contributed by atoms with Gasteiger partial charge in [-0.1, -0.05) is 18.2 Å². The molecule has 7 nitrogen and oxygen atoms in total. The van der Waals surface area contributed by atoms with Crippen LogP contribution in [0.4, 0.5) is 11.4 Å². The molecule has 0 bridgehead atoms. The van der Waals surface area contributed by atoms with Gasteiger partial charge in [0, 0.05) is 39.7 Å². The van der Waals surface area contributed by atoms with E-state index in [0.717, 1.165) is 22.2 Å². The summed E-state index contributed by atoms with van der Waals surface area (Å²) in [6.07, 6.45) is 1.59. The highest BCUT2D eigenvalue weighted by Crippen LogP contribution is 2.27. The number of fused-ring (bicyclic) bond motifs is 1. The minimum absolute atomic E-state index is 0.189. The molecule has 2 amide bonds. The Labute approximate surface area is 201 Å². The number of aromatic amines is 1. The van der Waals surface area contributed by atoms with Crippen molar-refractivity contribution >= 4 is 34.1 Å². The molecule has 5 aromatic rings. The summed E-state index contributed by atoms with van der Waals surface area (Å²) in [6.45, 7) is 0. The molecule has 0 atom stereocenters. The summed E-state index contributed by atoms with van der Waals surface area (Å²) in [5, 5.41) is 6.76. The number of hydrogen-bond acceptors (Lipinski definition) is 4. The van der Waals surface area contributed by atoms with E-state index in [9.17, 15) is 9.59 Å². The molecule has 3 N–H and O–H groups in total. The number of ether oxygens (including phenoxy) is 1. The molecule has 5 rings (SSSR count). The number of amides is 2. The predicted octanol–water partition coefficient (Wildman–Crippen LogP) is 5.74. The zero-order valence-corrected chi connectivity index (χ0v) is 18.9. The summed E-state index contributed by atoms with van der Waals surface area (Å²) in [4.78, 5) is 32.3. The topological polar surface area (TPSA) is 96.1 Å². The van der Waals surface area contributed by atoms with Crippen LogP contribution >= 0.6 is 0 Å². The number of pyridine rings is 1. The molecule has 0 spiro atoms. The van der Waals surface area contributed by atoms with Crippen molar-refractivity contribution in [2.45, 2.75) is 0 Å². The van der Waals surface area contributed by atoms with E-state index in [1.54, 1.807) is 55.8 Å². The lowest BCUT2D eigenvalue weighted by atomic mass is 10.1. The van der Waals surface area contributed by atoms with Crippen LogP contribution < -0.4 is 15.4 Å². The molecular formula is C28H22N4O3. The third-order valence-corrected chi connectivity index (χ3v) is 5.58. The fourth-order valence-electron chi connectivity index (χ4n) is 3.74. The first-order chi connectivity index (χ1) is 17.1. The SMILES string of the molecule is COc1ccc(C(=O)Nc2ccc3[nH]c(-c4ccc(NC(=O)c5ccccn5)cc4)cc3c2)cc1. The number of aromatic nitrogens is 2. The van der Waals surface area contributed by atoms with Gasteiger partial charge in [0.05, 0.1) is 7.11 Å². The summed E-state index contributed by atoms with van der Waals surface area (Å²) in [5.74, 6) is 0.255. The third-order valence-electron chi connectivity index (χ3n) is 5.58. The second-order valence-corrected chi connectivity index (χ2v) is 7.91. The van der Waals surface area contributed by atoms with Crippen LogP contribution in [0.2, 0.25) is 0 Å². The molecule has 0 aliphatic heterocycles. The van der Waals surface area contributed by atoms with Gasteiger partial charge in [-0.3, -0.25) is 14.6 Å². The van der Waals surface area contributed by atoms with Gasteiger partial charge in [0.2, 0.25) is 0 Å². The van der Waals surface area contributed by atoms with Crippen molar-refractivity contribution in [2.24, 2.45) is 0 Å². The van der Waals surface area contributed by atoms with Gasteiger partial charge in [-0.15, -0.1) is 0 Å². The third kappa shape index (κ3) is 4.89. The molecule has 0 saturated carbocycles. The van der Waals surface area contributed by atoms with Crippen LogP contribution in [0.5, 0.6) is 5.75 Å². The van der Waals surface area contributed by atoms with E-state index in [1.807, 2.05) is 48.5 Å². The van der Waals surface area contributed by atoms with Gasteiger partial charge in [0.25, 0.3) is 11.8 Å². The maximum atomic E-state index is 12.6. The van der Waals surface area contributed by atoms with Crippen molar-refractivity contribution in [2.75, 3.05) is 17.7 Å². The number of anilines is 2. The van der Waals surface area contributed by atoms with Crippen LogP contribution in [-0.2, 0) is 0 Å². The van der Waals surface area contributed by atoms with Gasteiger partial charge in [-0.2, -0.15) is 0 Å². The van der Waals surface area contributed by atoms with Crippen molar-refractivity contribution in [3.63, 3.8) is 0 Å². The molecule has 0 aliphatic carbocycles. The number of methoxy groups -OCH3 is 1. The predicted molar refractivity (Wildman–Crippen MR) is 137 cm³/mol. The highest BCUT2D eigenvalue weighted by molar-refractivity contribution is 6.05. The van der Waals surface area contributed by atoms with Gasteiger partial charge in [0.1, 0.15) is 11.4 Å². The maximum absolute atomic E-state index is 12.6. The van der Waals surface area contributed by atoms with E-state index < -0.39 is 0 Å². The Bertz CT molecular complexity index is 1490. The van der Waals surface area contributed by atoms with Gasteiger partial charge in [-0.25, -0.2) is 0 Å². The molecule has 35 heavy (non-hydrogen) atoms. The van der Waals surface area contributed by atoms with Crippen molar-refractivity contribution in [3.05, 3.63) is 108 Å². The summed E-state index contributed by atoms with van der Waals surface area (Å²) < 4.78 is 5.14. The van der Waals surface area contributed by atoms with Crippen LogP contribution in [0.25, 0.3) is 22.2 Å². The molecule has 7 heteroatoms. The monoisotopic (exact) mass is 462 g/mol. The van der Waals surface area contributed by atoms with Crippen molar-refractivity contribution in [1.82, 2.24) is 9.97 Å². The molecule has 0 aliphatic rings. The first-order valence-electron chi connectivity index (χ1n) is 11.0. The Hall–Kier alpha value is -4.91. The Balaban J connectivity index is 1.29. The van der Waals surface area contributed by atoms with Crippen LogP contribution in [0.1, 0.15) is 20.8 Å². The smallest absolute Gasteiger partial charge is 0.274 e. The molecule has 0 fully saturated rings. The van der Waals surface area contributed by atoms with Crippen molar-refractivity contribution < 1.29 is 14.3 Å². The number of carbonyl (C=O) groups excluding carboxylic acids is 2. The zero-order valence-electron chi connectivity index (χ0n) is 18.9. The Morgan fingerprint density at radius 2 is 1.54 bits per heavy atom. The Kier molecular flexibility index (Phi) is 5.96. The number of hydrogen-bond donors (Lipinski definition) is 3. The fourth-order valence-corrected chi connectivity index (χ4v) is 3.74. The number of nitrogens with one attached hydrogen (secondary N) is 3. The second-order valence-electron chi connectivity index (χ2n) is 7.91. The summed E-state index contributed by atoms with van der Waals surface area (Å²) in [6, 6.07) is 27.5. The van der Waals surface area contributed by atoms with Crippen LogP contribution in [0.3, 0.4) is 0 Å². The lowest BCUT2D eigenvalue weighted by Crippen LogP contribution is -2.13. The van der Waals surface area contributed by atoms with E-state index in [1.165, 1.54) is 0 Å². The molecule has 3 aromatic carbocycles. The Morgan fingerprint density at radius 3 is 2.26 bits per heavy atom. The highest BCUT2D eigenvalue weighted by atomic mass is 16.5. The fraction of sp³-hybridized carbons (Fsp3) is 0.0357. The van der Waals surface area contributed by atoms with E-state index in [4.69, 9.17) is 4.74 Å². The van der Waals surface area contributed by atoms with Crippen LogP contribution in [0, 0.1) is 0 Å². The van der Waals surface area contributed by atoms with Gasteiger partial charge < -0.3 is 20.4 Å².